The number of carbonyl (C=O) groups excluding carboxylic acids is 2. The zero-order valence-electron chi connectivity index (χ0n) is 19.7. The summed E-state index contributed by atoms with van der Waals surface area (Å²) in [5.74, 6) is 0.393. The summed E-state index contributed by atoms with van der Waals surface area (Å²) in [5.41, 5.74) is 2.93. The van der Waals surface area contributed by atoms with E-state index in [9.17, 15) is 9.59 Å². The molecule has 5 nitrogen and oxygen atoms in total. The summed E-state index contributed by atoms with van der Waals surface area (Å²) in [6.45, 7) is 4.41. The maximum Gasteiger partial charge on any atom is 0.254 e. The van der Waals surface area contributed by atoms with Crippen molar-refractivity contribution in [2.24, 2.45) is 5.41 Å². The number of hydrogen-bond acceptors (Lipinski definition) is 3. The van der Waals surface area contributed by atoms with Crippen LogP contribution in [0.15, 0.2) is 54.6 Å². The molecule has 2 aromatic rings. The van der Waals surface area contributed by atoms with Gasteiger partial charge in [0.1, 0.15) is 0 Å². The highest BCUT2D eigenvalue weighted by Crippen LogP contribution is 2.45. The van der Waals surface area contributed by atoms with Crippen LogP contribution in [0.4, 0.5) is 0 Å². The predicted molar refractivity (Wildman–Crippen MR) is 130 cm³/mol. The molecule has 3 heterocycles. The molecular weight excluding hydrogens is 410 g/mol. The smallest absolute Gasteiger partial charge is 0.254 e. The first-order valence-corrected chi connectivity index (χ1v) is 12.5. The van der Waals surface area contributed by atoms with Crippen molar-refractivity contribution in [1.29, 1.82) is 0 Å². The Bertz CT molecular complexity index is 991. The second-order valence-corrected chi connectivity index (χ2v) is 10.2. The number of nitrogens with zero attached hydrogens (tertiary/aromatic N) is 3. The normalized spacial score (nSPS) is 22.9. The molecule has 0 aliphatic carbocycles. The van der Waals surface area contributed by atoms with Crippen LogP contribution in [-0.4, -0.2) is 65.8 Å². The second kappa shape index (κ2) is 9.30. The molecule has 0 radical (unpaired) electrons. The lowest BCUT2D eigenvalue weighted by molar-refractivity contribution is -0.137. The highest BCUT2D eigenvalue weighted by molar-refractivity contribution is 5.96. The number of rotatable bonds is 5. The second-order valence-electron chi connectivity index (χ2n) is 10.2. The van der Waals surface area contributed by atoms with Gasteiger partial charge in [0.15, 0.2) is 0 Å². The number of likely N-dealkylation sites (N-methyl/N-ethyl adjacent to an activating group) is 1. The number of amides is 2. The van der Waals surface area contributed by atoms with Gasteiger partial charge in [-0.2, -0.15) is 0 Å². The van der Waals surface area contributed by atoms with Crippen LogP contribution in [0.1, 0.15) is 53.6 Å². The minimum absolute atomic E-state index is 0.124. The zero-order valence-corrected chi connectivity index (χ0v) is 19.7. The lowest BCUT2D eigenvalue weighted by Gasteiger charge is -2.38. The van der Waals surface area contributed by atoms with E-state index in [2.05, 4.69) is 35.2 Å². The van der Waals surface area contributed by atoms with Gasteiger partial charge in [0, 0.05) is 38.3 Å². The van der Waals surface area contributed by atoms with Crippen LogP contribution in [-0.2, 0) is 17.8 Å². The average Bonchev–Trinajstić information content (AvgIpc) is 3.43. The molecule has 3 aliphatic rings. The summed E-state index contributed by atoms with van der Waals surface area (Å²) in [6, 6.07) is 18.8. The molecule has 3 fully saturated rings. The van der Waals surface area contributed by atoms with Crippen LogP contribution in [0.2, 0.25) is 0 Å². The molecule has 0 N–H and O–H groups in total. The first kappa shape index (κ1) is 22.1. The molecule has 2 amide bonds. The fourth-order valence-corrected chi connectivity index (χ4v) is 6.09. The Morgan fingerprint density at radius 3 is 2.33 bits per heavy atom. The van der Waals surface area contributed by atoms with Crippen molar-refractivity contribution in [3.8, 4) is 0 Å². The Morgan fingerprint density at radius 2 is 1.61 bits per heavy atom. The Hall–Kier alpha value is -2.66. The van der Waals surface area contributed by atoms with Gasteiger partial charge in [-0.05, 0) is 68.8 Å². The molecular formula is C28H35N3O2. The monoisotopic (exact) mass is 445 g/mol. The fraction of sp³-hybridized carbons (Fsp3) is 0.500. The molecule has 0 unspecified atom stereocenters. The topological polar surface area (TPSA) is 43.9 Å². The van der Waals surface area contributed by atoms with E-state index < -0.39 is 0 Å². The standard InChI is InChI=1S/C28H35N3O2/c1-29-24(19-22-9-3-2-4-10-22)20-28(27(29)33)13-17-31(18-14-28)26(32)25-12-6-5-11-23(25)21-30-15-7-8-16-30/h2-6,9-12,24H,7-8,13-21H2,1H3/t24-/m1/s1. The number of piperidine rings is 1. The molecule has 0 saturated carbocycles. The van der Waals surface area contributed by atoms with E-state index in [0.29, 0.717) is 13.1 Å². The zero-order chi connectivity index (χ0) is 22.8. The first-order chi connectivity index (χ1) is 16.1. The number of benzene rings is 2. The Kier molecular flexibility index (Phi) is 6.24. The van der Waals surface area contributed by atoms with Crippen molar-refractivity contribution in [3.05, 3.63) is 71.3 Å². The van der Waals surface area contributed by atoms with Gasteiger partial charge in [-0.3, -0.25) is 14.5 Å². The summed E-state index contributed by atoms with van der Waals surface area (Å²) in [7, 11) is 1.96. The largest absolute Gasteiger partial charge is 0.342 e. The predicted octanol–water partition coefficient (Wildman–Crippen LogP) is 3.98. The molecule has 33 heavy (non-hydrogen) atoms. The van der Waals surface area contributed by atoms with Gasteiger partial charge >= 0.3 is 0 Å². The fourth-order valence-electron chi connectivity index (χ4n) is 6.09. The van der Waals surface area contributed by atoms with Crippen molar-refractivity contribution >= 4 is 11.8 Å². The van der Waals surface area contributed by atoms with Crippen LogP contribution >= 0.6 is 0 Å². The van der Waals surface area contributed by atoms with Crippen molar-refractivity contribution in [1.82, 2.24) is 14.7 Å². The Morgan fingerprint density at radius 1 is 0.939 bits per heavy atom. The lowest BCUT2D eigenvalue weighted by atomic mass is 9.75. The van der Waals surface area contributed by atoms with Crippen molar-refractivity contribution in [2.45, 2.75) is 51.1 Å². The van der Waals surface area contributed by atoms with Gasteiger partial charge in [-0.1, -0.05) is 48.5 Å². The van der Waals surface area contributed by atoms with E-state index in [-0.39, 0.29) is 23.3 Å². The number of likely N-dealkylation sites (tertiary alicyclic amines) is 3. The third-order valence-corrected chi connectivity index (χ3v) is 8.11. The first-order valence-electron chi connectivity index (χ1n) is 12.5. The van der Waals surface area contributed by atoms with Gasteiger partial charge in [0.25, 0.3) is 5.91 Å². The Labute approximate surface area is 197 Å². The van der Waals surface area contributed by atoms with Gasteiger partial charge in [-0.15, -0.1) is 0 Å². The Balaban J connectivity index is 1.24. The van der Waals surface area contributed by atoms with Crippen LogP contribution < -0.4 is 0 Å². The summed E-state index contributed by atoms with van der Waals surface area (Å²) < 4.78 is 0. The third-order valence-electron chi connectivity index (χ3n) is 8.11. The van der Waals surface area contributed by atoms with Crippen LogP contribution in [0.5, 0.6) is 0 Å². The van der Waals surface area contributed by atoms with Crippen LogP contribution in [0, 0.1) is 5.41 Å². The maximum absolute atomic E-state index is 13.5. The van der Waals surface area contributed by atoms with Crippen molar-refractivity contribution in [3.63, 3.8) is 0 Å². The van der Waals surface area contributed by atoms with E-state index in [1.54, 1.807) is 0 Å². The molecule has 2 aromatic carbocycles. The molecule has 3 saturated heterocycles. The maximum atomic E-state index is 13.5. The van der Waals surface area contributed by atoms with E-state index in [1.807, 2.05) is 41.1 Å². The number of carbonyl (C=O) groups is 2. The molecule has 5 heteroatoms. The van der Waals surface area contributed by atoms with E-state index in [1.165, 1.54) is 18.4 Å². The molecule has 1 spiro atoms. The SMILES string of the molecule is CN1C(=O)C2(CCN(C(=O)c3ccccc3CN3CCCC3)CC2)C[C@H]1Cc1ccccc1. The highest BCUT2D eigenvalue weighted by Gasteiger charge is 2.51. The molecule has 3 aliphatic heterocycles. The molecule has 0 aromatic heterocycles. The molecule has 1 atom stereocenters. The van der Waals surface area contributed by atoms with Gasteiger partial charge < -0.3 is 9.80 Å². The minimum atomic E-state index is -0.306. The van der Waals surface area contributed by atoms with Gasteiger partial charge in [0.05, 0.1) is 5.41 Å². The average molecular weight is 446 g/mol. The highest BCUT2D eigenvalue weighted by atomic mass is 16.2. The summed E-state index contributed by atoms with van der Waals surface area (Å²) in [4.78, 5) is 33.1. The lowest BCUT2D eigenvalue weighted by Crippen LogP contribution is -2.46. The summed E-state index contributed by atoms with van der Waals surface area (Å²) in [6.07, 6.45) is 5.82. The minimum Gasteiger partial charge on any atom is -0.342 e. The number of hydrogen-bond donors (Lipinski definition) is 0. The summed E-state index contributed by atoms with van der Waals surface area (Å²) in [5, 5.41) is 0. The quantitative estimate of drug-likeness (QED) is 0.699. The van der Waals surface area contributed by atoms with Crippen LogP contribution in [0.3, 0.4) is 0 Å². The van der Waals surface area contributed by atoms with E-state index in [0.717, 1.165) is 56.4 Å². The van der Waals surface area contributed by atoms with Gasteiger partial charge in [-0.25, -0.2) is 0 Å². The summed E-state index contributed by atoms with van der Waals surface area (Å²) >= 11 is 0. The molecule has 174 valence electrons. The van der Waals surface area contributed by atoms with E-state index in [4.69, 9.17) is 0 Å². The van der Waals surface area contributed by atoms with Gasteiger partial charge in [0.2, 0.25) is 5.91 Å². The van der Waals surface area contributed by atoms with Crippen LogP contribution in [0.25, 0.3) is 0 Å². The van der Waals surface area contributed by atoms with Crippen molar-refractivity contribution in [2.75, 3.05) is 33.2 Å². The van der Waals surface area contributed by atoms with E-state index >= 15 is 0 Å². The third kappa shape index (κ3) is 4.43. The molecule has 0 bridgehead atoms. The van der Waals surface area contributed by atoms with Crippen molar-refractivity contribution < 1.29 is 9.59 Å². The molecule has 5 rings (SSSR count).